The molecule has 0 fully saturated rings. The second kappa shape index (κ2) is 8.24. The predicted octanol–water partition coefficient (Wildman–Crippen LogP) is 4.84. The van der Waals surface area contributed by atoms with Crippen LogP contribution in [0.5, 0.6) is 0 Å². The molecular weight excluding hydrogens is 386 g/mol. The lowest BCUT2D eigenvalue weighted by molar-refractivity contribution is -0.384. The highest BCUT2D eigenvalue weighted by molar-refractivity contribution is 7.98. The van der Waals surface area contributed by atoms with Gasteiger partial charge < -0.3 is 0 Å². The molecule has 0 bridgehead atoms. The first-order valence-electron chi connectivity index (χ1n) is 8.91. The van der Waals surface area contributed by atoms with Crippen LogP contribution < -0.4 is 0 Å². The molecule has 0 unspecified atom stereocenters. The highest BCUT2D eigenvalue weighted by atomic mass is 32.2. The van der Waals surface area contributed by atoms with E-state index in [2.05, 4.69) is 27.3 Å². The van der Waals surface area contributed by atoms with Crippen molar-refractivity contribution in [2.45, 2.75) is 17.8 Å². The molecule has 0 radical (unpaired) electrons. The Labute approximate surface area is 171 Å². The molecule has 0 N–H and O–H groups in total. The average Bonchev–Trinajstić information content (AvgIpc) is 3.17. The molecule has 144 valence electrons. The molecule has 0 saturated carbocycles. The van der Waals surface area contributed by atoms with E-state index in [1.54, 1.807) is 24.5 Å². The predicted molar refractivity (Wildman–Crippen MR) is 112 cm³/mol. The fourth-order valence-corrected chi connectivity index (χ4v) is 3.75. The lowest BCUT2D eigenvalue weighted by atomic mass is 10.2. The topological polar surface area (TPSA) is 86.7 Å². The van der Waals surface area contributed by atoms with E-state index in [0.717, 1.165) is 27.8 Å². The Morgan fingerprint density at radius 2 is 1.66 bits per heavy atom. The van der Waals surface area contributed by atoms with E-state index >= 15 is 0 Å². The quantitative estimate of drug-likeness (QED) is 0.260. The van der Waals surface area contributed by atoms with Crippen molar-refractivity contribution in [1.82, 2.24) is 19.7 Å². The summed E-state index contributed by atoms with van der Waals surface area (Å²) >= 11 is 1.53. The van der Waals surface area contributed by atoms with Gasteiger partial charge in [0, 0.05) is 41.5 Å². The van der Waals surface area contributed by atoms with Gasteiger partial charge in [-0.3, -0.25) is 19.7 Å². The number of non-ortho nitro benzene ring substituents is 1. The van der Waals surface area contributed by atoms with Gasteiger partial charge in [0.25, 0.3) is 5.69 Å². The number of benzene rings is 2. The Kier molecular flexibility index (Phi) is 5.35. The van der Waals surface area contributed by atoms with Crippen LogP contribution in [-0.2, 0) is 5.75 Å². The van der Waals surface area contributed by atoms with Crippen LogP contribution in [-0.4, -0.2) is 24.7 Å². The summed E-state index contributed by atoms with van der Waals surface area (Å²) in [4.78, 5) is 14.5. The summed E-state index contributed by atoms with van der Waals surface area (Å²) in [6, 6.07) is 18.6. The molecule has 0 aliphatic rings. The minimum Gasteiger partial charge on any atom is -0.270 e. The standard InChI is InChI=1S/C21H17N5O2S/c1-15-2-6-18(7-3-15)25-20(17-10-12-22-13-11-17)23-24-21(25)29-14-16-4-8-19(9-5-16)26(27)28/h2-13H,14H2,1H3. The largest absolute Gasteiger partial charge is 0.270 e. The van der Waals surface area contributed by atoms with Gasteiger partial charge in [-0.15, -0.1) is 10.2 Å². The molecular formula is C21H17N5O2S. The van der Waals surface area contributed by atoms with Crippen LogP contribution in [0, 0.1) is 17.0 Å². The van der Waals surface area contributed by atoms with Crippen LogP contribution in [0.4, 0.5) is 5.69 Å². The first-order chi connectivity index (χ1) is 14.1. The van der Waals surface area contributed by atoms with Gasteiger partial charge in [-0.2, -0.15) is 0 Å². The second-order valence-corrected chi connectivity index (χ2v) is 7.37. The zero-order valence-corrected chi connectivity index (χ0v) is 16.4. The van der Waals surface area contributed by atoms with Crippen molar-refractivity contribution >= 4 is 17.4 Å². The number of hydrogen-bond donors (Lipinski definition) is 0. The average molecular weight is 403 g/mol. The number of hydrogen-bond acceptors (Lipinski definition) is 6. The number of nitro groups is 1. The number of rotatable bonds is 6. The summed E-state index contributed by atoms with van der Waals surface area (Å²) in [5.41, 5.74) is 4.13. The molecule has 2 aromatic carbocycles. The summed E-state index contributed by atoms with van der Waals surface area (Å²) in [5.74, 6) is 1.36. The van der Waals surface area contributed by atoms with E-state index in [-0.39, 0.29) is 5.69 Å². The van der Waals surface area contributed by atoms with E-state index in [1.807, 2.05) is 35.8 Å². The van der Waals surface area contributed by atoms with Gasteiger partial charge in [-0.05, 0) is 36.8 Å². The molecule has 0 aliphatic heterocycles. The SMILES string of the molecule is Cc1ccc(-n2c(SCc3ccc([N+](=O)[O-])cc3)nnc2-c2ccncc2)cc1. The van der Waals surface area contributed by atoms with E-state index in [1.165, 1.54) is 29.5 Å². The molecule has 0 atom stereocenters. The van der Waals surface area contributed by atoms with Gasteiger partial charge in [0.1, 0.15) is 0 Å². The Bertz CT molecular complexity index is 1130. The normalized spacial score (nSPS) is 10.8. The van der Waals surface area contributed by atoms with E-state index in [4.69, 9.17) is 0 Å². The Balaban J connectivity index is 1.67. The molecule has 7 nitrogen and oxygen atoms in total. The summed E-state index contributed by atoms with van der Waals surface area (Å²) in [6.45, 7) is 2.05. The zero-order chi connectivity index (χ0) is 20.2. The smallest absolute Gasteiger partial charge is 0.269 e. The van der Waals surface area contributed by atoms with Gasteiger partial charge in [0.2, 0.25) is 0 Å². The van der Waals surface area contributed by atoms with Crippen LogP contribution in [0.2, 0.25) is 0 Å². The lowest BCUT2D eigenvalue weighted by Crippen LogP contribution is -2.00. The number of thioether (sulfide) groups is 1. The maximum atomic E-state index is 10.8. The first kappa shape index (κ1) is 18.8. The lowest BCUT2D eigenvalue weighted by Gasteiger charge is -2.11. The minimum absolute atomic E-state index is 0.0848. The summed E-state index contributed by atoms with van der Waals surface area (Å²) in [5, 5.41) is 20.4. The van der Waals surface area contributed by atoms with Gasteiger partial charge in [0.05, 0.1) is 4.92 Å². The number of aryl methyl sites for hydroxylation is 1. The van der Waals surface area contributed by atoms with Crippen molar-refractivity contribution in [1.29, 1.82) is 0 Å². The molecule has 0 saturated heterocycles. The van der Waals surface area contributed by atoms with Crippen LogP contribution >= 0.6 is 11.8 Å². The number of nitro benzene ring substituents is 1. The third-order valence-electron chi connectivity index (χ3n) is 4.38. The third kappa shape index (κ3) is 4.17. The monoisotopic (exact) mass is 403 g/mol. The number of pyridine rings is 1. The highest BCUT2D eigenvalue weighted by Gasteiger charge is 2.16. The van der Waals surface area contributed by atoms with Crippen molar-refractivity contribution in [3.8, 4) is 17.1 Å². The van der Waals surface area contributed by atoms with Crippen molar-refractivity contribution in [2.75, 3.05) is 0 Å². The highest BCUT2D eigenvalue weighted by Crippen LogP contribution is 2.30. The van der Waals surface area contributed by atoms with Crippen LogP contribution in [0.1, 0.15) is 11.1 Å². The zero-order valence-electron chi connectivity index (χ0n) is 15.6. The first-order valence-corrected chi connectivity index (χ1v) is 9.89. The minimum atomic E-state index is -0.397. The molecule has 0 spiro atoms. The number of nitrogens with zero attached hydrogens (tertiary/aromatic N) is 5. The summed E-state index contributed by atoms with van der Waals surface area (Å²) in [7, 11) is 0. The van der Waals surface area contributed by atoms with Crippen molar-refractivity contribution in [3.05, 3.63) is 94.3 Å². The van der Waals surface area contributed by atoms with Gasteiger partial charge in [-0.25, -0.2) is 0 Å². The maximum Gasteiger partial charge on any atom is 0.269 e. The van der Waals surface area contributed by atoms with Crippen LogP contribution in [0.3, 0.4) is 0 Å². The molecule has 0 amide bonds. The van der Waals surface area contributed by atoms with E-state index in [9.17, 15) is 10.1 Å². The molecule has 8 heteroatoms. The third-order valence-corrected chi connectivity index (χ3v) is 5.38. The Morgan fingerprint density at radius 3 is 2.31 bits per heavy atom. The van der Waals surface area contributed by atoms with Gasteiger partial charge in [0.15, 0.2) is 11.0 Å². The van der Waals surface area contributed by atoms with Crippen molar-refractivity contribution in [2.24, 2.45) is 0 Å². The van der Waals surface area contributed by atoms with Gasteiger partial charge >= 0.3 is 0 Å². The molecule has 2 heterocycles. The van der Waals surface area contributed by atoms with Crippen LogP contribution in [0.15, 0.2) is 78.2 Å². The fraction of sp³-hybridized carbons (Fsp3) is 0.0952. The fourth-order valence-electron chi connectivity index (χ4n) is 2.84. The van der Waals surface area contributed by atoms with Crippen LogP contribution in [0.25, 0.3) is 17.1 Å². The molecule has 2 aromatic heterocycles. The number of aromatic nitrogens is 4. The molecule has 0 aliphatic carbocycles. The molecule has 4 aromatic rings. The van der Waals surface area contributed by atoms with Gasteiger partial charge in [-0.1, -0.05) is 41.6 Å². The molecule has 29 heavy (non-hydrogen) atoms. The van der Waals surface area contributed by atoms with E-state index < -0.39 is 4.92 Å². The molecule has 4 rings (SSSR count). The summed E-state index contributed by atoms with van der Waals surface area (Å²) < 4.78 is 2.02. The Hall–Kier alpha value is -3.52. The maximum absolute atomic E-state index is 10.8. The van der Waals surface area contributed by atoms with Crippen molar-refractivity contribution in [3.63, 3.8) is 0 Å². The second-order valence-electron chi connectivity index (χ2n) is 6.43. The van der Waals surface area contributed by atoms with E-state index in [0.29, 0.717) is 5.75 Å². The Morgan fingerprint density at radius 1 is 0.966 bits per heavy atom. The summed E-state index contributed by atoms with van der Waals surface area (Å²) in [6.07, 6.45) is 3.46. The van der Waals surface area contributed by atoms with Crippen molar-refractivity contribution < 1.29 is 4.92 Å².